The summed E-state index contributed by atoms with van der Waals surface area (Å²) in [6.45, 7) is 0. The Bertz CT molecular complexity index is 648. The molecule has 0 saturated carbocycles. The molecule has 1 N–H and O–H groups in total. The van der Waals surface area contributed by atoms with E-state index in [2.05, 4.69) is 4.98 Å². The number of benzene rings is 1. The van der Waals surface area contributed by atoms with Crippen molar-refractivity contribution in [3.8, 4) is 16.9 Å². The molecule has 0 aliphatic rings. The van der Waals surface area contributed by atoms with Gasteiger partial charge in [0.05, 0.1) is 11.8 Å². The molecule has 19 heavy (non-hydrogen) atoms. The minimum Gasteiger partial charge on any atom is -0.506 e. The molecule has 0 saturated heterocycles. The summed E-state index contributed by atoms with van der Waals surface area (Å²) < 4.78 is 65.9. The van der Waals surface area contributed by atoms with Crippen molar-refractivity contribution in [3.63, 3.8) is 0 Å². The largest absolute Gasteiger partial charge is 0.506 e. The van der Waals surface area contributed by atoms with E-state index < -0.39 is 46.0 Å². The fourth-order valence-electron chi connectivity index (χ4n) is 1.46. The van der Waals surface area contributed by atoms with Crippen LogP contribution in [0.5, 0.6) is 5.75 Å². The summed E-state index contributed by atoms with van der Waals surface area (Å²) in [4.78, 5) is 3.40. The number of hydrogen-bond donors (Lipinski definition) is 1. The van der Waals surface area contributed by atoms with E-state index in [1.165, 1.54) is 0 Å². The lowest BCUT2D eigenvalue weighted by Crippen LogP contribution is -2.04. The highest BCUT2D eigenvalue weighted by Crippen LogP contribution is 2.36. The van der Waals surface area contributed by atoms with Crippen molar-refractivity contribution in [2.45, 2.75) is 0 Å². The first-order valence-corrected chi connectivity index (χ1v) is 5.08. The highest BCUT2D eigenvalue weighted by molar-refractivity contribution is 6.29. The number of aromatic hydroxyl groups is 1. The molecule has 0 unspecified atom stereocenters. The molecule has 0 aliphatic heterocycles. The number of pyridine rings is 1. The van der Waals surface area contributed by atoms with Gasteiger partial charge in [0, 0.05) is 5.56 Å². The smallest absolute Gasteiger partial charge is 0.200 e. The summed E-state index contributed by atoms with van der Waals surface area (Å²) in [5.74, 6) is -11.4. The maximum Gasteiger partial charge on any atom is 0.200 e. The van der Waals surface area contributed by atoms with E-state index in [1.807, 2.05) is 0 Å². The minimum atomic E-state index is -2.28. The lowest BCUT2D eigenvalue weighted by molar-refractivity contribution is 0.380. The van der Waals surface area contributed by atoms with Crippen molar-refractivity contribution in [2.75, 3.05) is 0 Å². The van der Waals surface area contributed by atoms with E-state index in [4.69, 9.17) is 11.6 Å². The summed E-state index contributed by atoms with van der Waals surface area (Å²) >= 11 is 5.45. The zero-order valence-electron chi connectivity index (χ0n) is 8.82. The molecule has 2 rings (SSSR count). The van der Waals surface area contributed by atoms with Crippen molar-refractivity contribution < 1.29 is 27.1 Å². The van der Waals surface area contributed by atoms with Gasteiger partial charge in [0.1, 0.15) is 10.9 Å². The molecular formula is C11H3ClF5NO. The van der Waals surface area contributed by atoms with Crippen LogP contribution in [0, 0.1) is 29.1 Å². The summed E-state index contributed by atoms with van der Waals surface area (Å²) in [7, 11) is 0. The number of hydrogen-bond acceptors (Lipinski definition) is 2. The minimum absolute atomic E-state index is 0.281. The van der Waals surface area contributed by atoms with Gasteiger partial charge < -0.3 is 5.11 Å². The molecule has 0 fully saturated rings. The Morgan fingerprint density at radius 2 is 1.37 bits per heavy atom. The van der Waals surface area contributed by atoms with Crippen LogP contribution in [0.1, 0.15) is 0 Å². The predicted molar refractivity (Wildman–Crippen MR) is 56.1 cm³/mol. The summed E-state index contributed by atoms with van der Waals surface area (Å²) in [6.07, 6.45) is 0.732. The fourth-order valence-corrected chi connectivity index (χ4v) is 1.62. The molecule has 1 heterocycles. The van der Waals surface area contributed by atoms with E-state index in [-0.39, 0.29) is 5.15 Å². The average Bonchev–Trinajstić information content (AvgIpc) is 2.38. The first-order valence-electron chi connectivity index (χ1n) is 4.71. The van der Waals surface area contributed by atoms with Crippen LogP contribution in [0.25, 0.3) is 11.1 Å². The number of aromatic nitrogens is 1. The maximum absolute atomic E-state index is 13.5. The normalized spacial score (nSPS) is 10.8. The van der Waals surface area contributed by atoms with Crippen LogP contribution >= 0.6 is 11.6 Å². The first-order chi connectivity index (χ1) is 8.84. The van der Waals surface area contributed by atoms with Gasteiger partial charge in [-0.1, -0.05) is 11.6 Å². The molecule has 0 amide bonds. The van der Waals surface area contributed by atoms with Crippen molar-refractivity contribution >= 4 is 11.6 Å². The third kappa shape index (κ3) is 2.10. The summed E-state index contributed by atoms with van der Waals surface area (Å²) in [6, 6.07) is 0.787. The van der Waals surface area contributed by atoms with Crippen molar-refractivity contribution in [1.29, 1.82) is 0 Å². The molecule has 2 nitrogen and oxygen atoms in total. The van der Waals surface area contributed by atoms with Gasteiger partial charge in [-0.2, -0.15) is 0 Å². The molecule has 0 spiro atoms. The monoisotopic (exact) mass is 295 g/mol. The predicted octanol–water partition coefficient (Wildman–Crippen LogP) is 3.80. The Morgan fingerprint density at radius 1 is 0.895 bits per heavy atom. The second-order valence-electron chi connectivity index (χ2n) is 3.47. The van der Waals surface area contributed by atoms with Crippen molar-refractivity contribution in [2.24, 2.45) is 0 Å². The van der Waals surface area contributed by atoms with Gasteiger partial charge in [0.15, 0.2) is 23.3 Å². The first kappa shape index (κ1) is 13.5. The topological polar surface area (TPSA) is 33.1 Å². The van der Waals surface area contributed by atoms with Crippen LogP contribution in [0.15, 0.2) is 12.3 Å². The highest BCUT2D eigenvalue weighted by Gasteiger charge is 2.28. The third-order valence-electron chi connectivity index (χ3n) is 2.33. The number of nitrogens with zero attached hydrogens (tertiary/aromatic N) is 1. The standard InChI is InChI=1S/C11H3ClF5NO/c12-5-1-3(4(19)2-18-5)6-7(13)9(15)11(17)10(16)8(6)14/h1-2,19H. The van der Waals surface area contributed by atoms with Gasteiger partial charge in [0.25, 0.3) is 0 Å². The molecule has 0 atom stereocenters. The Hall–Kier alpha value is -1.89. The van der Waals surface area contributed by atoms with Crippen LogP contribution in [-0.4, -0.2) is 10.1 Å². The molecule has 0 aliphatic carbocycles. The quantitative estimate of drug-likeness (QED) is 0.376. The van der Waals surface area contributed by atoms with E-state index in [1.54, 1.807) is 0 Å². The Kier molecular flexibility index (Phi) is 3.32. The second-order valence-corrected chi connectivity index (χ2v) is 3.86. The van der Waals surface area contributed by atoms with E-state index in [0.29, 0.717) is 0 Å². The molecule has 100 valence electrons. The third-order valence-corrected chi connectivity index (χ3v) is 2.54. The zero-order chi connectivity index (χ0) is 14.3. The SMILES string of the molecule is Oc1cnc(Cl)cc1-c1c(F)c(F)c(F)c(F)c1F. The highest BCUT2D eigenvalue weighted by atomic mass is 35.5. The maximum atomic E-state index is 13.5. The number of rotatable bonds is 1. The molecule has 1 aromatic carbocycles. The van der Waals surface area contributed by atoms with Crippen LogP contribution in [0.3, 0.4) is 0 Å². The van der Waals surface area contributed by atoms with Gasteiger partial charge in [-0.25, -0.2) is 26.9 Å². The van der Waals surface area contributed by atoms with Crippen LogP contribution in [-0.2, 0) is 0 Å². The van der Waals surface area contributed by atoms with Gasteiger partial charge in [-0.3, -0.25) is 0 Å². The number of halogens is 6. The lowest BCUT2D eigenvalue weighted by atomic mass is 10.0. The second kappa shape index (κ2) is 4.65. The van der Waals surface area contributed by atoms with Crippen LogP contribution < -0.4 is 0 Å². The molecule has 1 aromatic heterocycles. The molecular weight excluding hydrogens is 293 g/mol. The van der Waals surface area contributed by atoms with E-state index >= 15 is 0 Å². The van der Waals surface area contributed by atoms with Gasteiger partial charge >= 0.3 is 0 Å². The fraction of sp³-hybridized carbons (Fsp3) is 0. The van der Waals surface area contributed by atoms with Gasteiger partial charge in [-0.05, 0) is 6.07 Å². The molecule has 0 bridgehead atoms. The van der Waals surface area contributed by atoms with Crippen molar-refractivity contribution in [3.05, 3.63) is 46.5 Å². The summed E-state index contributed by atoms with van der Waals surface area (Å²) in [5.41, 5.74) is -1.91. The van der Waals surface area contributed by atoms with Crippen LogP contribution in [0.4, 0.5) is 22.0 Å². The Morgan fingerprint density at radius 3 is 1.89 bits per heavy atom. The van der Waals surface area contributed by atoms with Gasteiger partial charge in [0.2, 0.25) is 5.82 Å². The molecule has 0 radical (unpaired) electrons. The van der Waals surface area contributed by atoms with Crippen molar-refractivity contribution in [1.82, 2.24) is 4.98 Å². The lowest BCUT2D eigenvalue weighted by Gasteiger charge is -2.09. The van der Waals surface area contributed by atoms with Crippen LogP contribution in [0.2, 0.25) is 5.15 Å². The zero-order valence-corrected chi connectivity index (χ0v) is 9.57. The molecule has 8 heteroatoms. The van der Waals surface area contributed by atoms with E-state index in [0.717, 1.165) is 12.3 Å². The van der Waals surface area contributed by atoms with Gasteiger partial charge in [-0.15, -0.1) is 0 Å². The molecule has 2 aromatic rings. The average molecular weight is 296 g/mol. The Labute approximate surface area is 108 Å². The van der Waals surface area contributed by atoms with E-state index in [9.17, 15) is 27.1 Å². The summed E-state index contributed by atoms with van der Waals surface area (Å²) in [5, 5.41) is 9.11. The Balaban J connectivity index is 2.87.